The first-order valence-electron chi connectivity index (χ1n) is 9.00. The van der Waals surface area contributed by atoms with Crippen LogP contribution in [-0.2, 0) is 14.6 Å². The number of alkyl carbamates (subject to hydrolysis) is 1. The van der Waals surface area contributed by atoms with Crippen LogP contribution in [0.25, 0.3) is 0 Å². The topological polar surface area (TPSA) is 96.3 Å². The van der Waals surface area contributed by atoms with Crippen molar-refractivity contribution in [2.75, 3.05) is 0 Å². The highest BCUT2D eigenvalue weighted by molar-refractivity contribution is 9.10. The van der Waals surface area contributed by atoms with E-state index < -0.39 is 49.6 Å². The Morgan fingerprint density at radius 1 is 1.39 bits per heavy atom. The zero-order chi connectivity index (χ0) is 21.4. The van der Waals surface area contributed by atoms with Crippen molar-refractivity contribution >= 4 is 37.7 Å². The highest BCUT2D eigenvalue weighted by Gasteiger charge is 2.50. The van der Waals surface area contributed by atoms with Crippen molar-refractivity contribution in [3.8, 4) is 0 Å². The van der Waals surface area contributed by atoms with Gasteiger partial charge in [-0.2, -0.15) is 0 Å². The number of hydrogen-bond donors (Lipinski definition) is 2. The Morgan fingerprint density at radius 2 is 2.00 bits per heavy atom. The number of amides is 1. The number of nitrogens with one attached hydrogen (secondary N) is 2. The Labute approximate surface area is 173 Å². The average molecular weight is 477 g/mol. The molecule has 6 nitrogen and oxygen atoms in total. The van der Waals surface area contributed by atoms with Crippen LogP contribution in [-0.4, -0.2) is 36.4 Å². The first-order chi connectivity index (χ1) is 12.7. The first-order valence-corrected chi connectivity index (χ1v) is 11.4. The zero-order valence-corrected chi connectivity index (χ0v) is 18.9. The molecule has 2 unspecified atom stereocenters. The van der Waals surface area contributed by atoms with Gasteiger partial charge in [-0.1, -0.05) is 29.8 Å². The molecule has 0 aliphatic carbocycles. The Balaban J connectivity index is 2.25. The van der Waals surface area contributed by atoms with E-state index in [1.807, 2.05) is 0 Å². The molecule has 2 rings (SSSR count). The molecule has 1 amide bonds. The predicted molar refractivity (Wildman–Crippen MR) is 110 cm³/mol. The maximum absolute atomic E-state index is 14.3. The molecule has 0 radical (unpaired) electrons. The predicted octanol–water partition coefficient (Wildman–Crippen LogP) is 4.39. The van der Waals surface area contributed by atoms with Crippen LogP contribution in [0.3, 0.4) is 0 Å². The Bertz CT molecular complexity index is 882. The molecule has 4 atom stereocenters. The second kappa shape index (κ2) is 8.10. The van der Waals surface area contributed by atoms with Gasteiger partial charge in [0, 0.05) is 10.4 Å². The van der Waals surface area contributed by atoms with Gasteiger partial charge in [0.2, 0.25) is 0 Å². The van der Waals surface area contributed by atoms with Gasteiger partial charge in [0.25, 0.3) is 0 Å². The number of sulfone groups is 1. The summed E-state index contributed by atoms with van der Waals surface area (Å²) < 4.78 is 46.4. The fourth-order valence-corrected chi connectivity index (χ4v) is 6.91. The summed E-state index contributed by atoms with van der Waals surface area (Å²) in [5.41, 5.74) is -0.455. The Hall–Kier alpha value is -1.48. The molecule has 28 heavy (non-hydrogen) atoms. The highest BCUT2D eigenvalue weighted by atomic mass is 79.9. The van der Waals surface area contributed by atoms with Crippen LogP contribution in [0.1, 0.15) is 52.5 Å². The number of benzene rings is 1. The van der Waals surface area contributed by atoms with Crippen LogP contribution in [0.2, 0.25) is 0 Å². The third kappa shape index (κ3) is 4.92. The van der Waals surface area contributed by atoms with Crippen molar-refractivity contribution in [2.24, 2.45) is 5.92 Å². The number of amidine groups is 1. The van der Waals surface area contributed by atoms with Crippen molar-refractivity contribution in [3.63, 3.8) is 0 Å². The van der Waals surface area contributed by atoms with E-state index in [9.17, 15) is 17.6 Å². The van der Waals surface area contributed by atoms with Gasteiger partial charge in [-0.15, -0.1) is 0 Å². The third-order valence-corrected chi connectivity index (χ3v) is 8.17. The monoisotopic (exact) mass is 476 g/mol. The van der Waals surface area contributed by atoms with Crippen molar-refractivity contribution in [1.29, 1.82) is 5.41 Å². The van der Waals surface area contributed by atoms with E-state index in [0.29, 0.717) is 10.0 Å². The van der Waals surface area contributed by atoms with Crippen LogP contribution in [0, 0.1) is 17.1 Å². The van der Waals surface area contributed by atoms with Crippen molar-refractivity contribution in [1.82, 2.24) is 5.32 Å². The summed E-state index contributed by atoms with van der Waals surface area (Å²) in [5, 5.41) is 8.33. The normalized spacial score (nSPS) is 25.2. The molecule has 1 aromatic rings. The minimum Gasteiger partial charge on any atom is -0.444 e. The maximum atomic E-state index is 14.3. The average Bonchev–Trinajstić information content (AvgIpc) is 2.76. The number of hydrogen-bond acceptors (Lipinski definition) is 5. The van der Waals surface area contributed by atoms with Gasteiger partial charge in [-0.25, -0.2) is 17.6 Å². The summed E-state index contributed by atoms with van der Waals surface area (Å²) in [6, 6.07) is 4.44. The number of halogens is 2. The van der Waals surface area contributed by atoms with Crippen LogP contribution in [0.4, 0.5) is 9.18 Å². The fourth-order valence-electron chi connectivity index (χ4n) is 3.71. The Morgan fingerprint density at radius 3 is 2.57 bits per heavy atom. The molecule has 9 heteroatoms. The van der Waals surface area contributed by atoms with Crippen molar-refractivity contribution in [2.45, 2.75) is 63.1 Å². The smallest absolute Gasteiger partial charge is 0.413 e. The minimum absolute atomic E-state index is 0.182. The molecule has 0 spiro atoms. The van der Waals surface area contributed by atoms with E-state index in [-0.39, 0.29) is 12.3 Å². The lowest BCUT2D eigenvalue weighted by Crippen LogP contribution is -2.44. The molecule has 1 saturated heterocycles. The molecule has 1 aromatic carbocycles. The van der Waals surface area contributed by atoms with Gasteiger partial charge in [0.1, 0.15) is 22.5 Å². The third-order valence-electron chi connectivity index (χ3n) is 4.82. The summed E-state index contributed by atoms with van der Waals surface area (Å²) in [7, 11) is -3.82. The van der Waals surface area contributed by atoms with Gasteiger partial charge in [0.05, 0.1) is 5.25 Å². The van der Waals surface area contributed by atoms with Crippen LogP contribution < -0.4 is 5.32 Å². The number of carbonyl (C=O) groups is 1. The summed E-state index contributed by atoms with van der Waals surface area (Å²) in [4.78, 5) is 11.9. The molecule has 0 aromatic heterocycles. The molecule has 156 valence electrons. The van der Waals surface area contributed by atoms with Gasteiger partial charge >= 0.3 is 6.09 Å². The molecule has 0 bridgehead atoms. The number of rotatable bonds is 3. The molecular weight excluding hydrogens is 451 g/mol. The van der Waals surface area contributed by atoms with Crippen molar-refractivity contribution < 1.29 is 22.3 Å². The van der Waals surface area contributed by atoms with E-state index in [1.54, 1.807) is 46.8 Å². The zero-order valence-electron chi connectivity index (χ0n) is 16.5. The molecule has 1 aliphatic heterocycles. The van der Waals surface area contributed by atoms with E-state index in [4.69, 9.17) is 10.1 Å². The molecule has 1 heterocycles. The molecular formula is C19H26BrFN2O4S. The summed E-state index contributed by atoms with van der Waals surface area (Å²) in [6.45, 7) is 8.48. The number of carbonyl (C=O) groups excluding carboxylic acids is 1. The summed E-state index contributed by atoms with van der Waals surface area (Å²) in [5.74, 6) is -1.78. The molecule has 1 aliphatic rings. The van der Waals surface area contributed by atoms with Gasteiger partial charge < -0.3 is 4.74 Å². The molecule has 0 saturated carbocycles. The van der Waals surface area contributed by atoms with E-state index in [0.717, 1.165) is 0 Å². The van der Waals surface area contributed by atoms with Gasteiger partial charge in [-0.3, -0.25) is 10.7 Å². The van der Waals surface area contributed by atoms with Crippen LogP contribution in [0.15, 0.2) is 22.7 Å². The lowest BCUT2D eigenvalue weighted by molar-refractivity contribution is 0.0562. The lowest BCUT2D eigenvalue weighted by Gasteiger charge is -2.24. The van der Waals surface area contributed by atoms with E-state index in [1.165, 1.54) is 6.07 Å². The van der Waals surface area contributed by atoms with E-state index >= 15 is 0 Å². The largest absolute Gasteiger partial charge is 0.444 e. The second-order valence-corrected chi connectivity index (χ2v) is 11.5. The summed E-state index contributed by atoms with van der Waals surface area (Å²) in [6.07, 6.45) is -0.684. The Kier molecular flexibility index (Phi) is 6.60. The standard InChI is InChI=1S/C19H26BrFN2O4S/c1-10-8-15(17(22)23-18(24)27-19(3,4)5)28(25,26)16(10)11(2)13-9-12(20)6-7-14(13)21/h6-7,9-11,15-16H,8H2,1-5H3,(H2,22,23,24)/t10-,11+,15?,16?/m1/s1. The second-order valence-electron chi connectivity index (χ2n) is 8.25. The molecule has 1 fully saturated rings. The van der Waals surface area contributed by atoms with Crippen LogP contribution in [0.5, 0.6) is 0 Å². The minimum atomic E-state index is -3.82. The molecule has 2 N–H and O–H groups in total. The van der Waals surface area contributed by atoms with Gasteiger partial charge in [0.15, 0.2) is 9.84 Å². The highest BCUT2D eigenvalue weighted by Crippen LogP contribution is 2.42. The van der Waals surface area contributed by atoms with E-state index in [2.05, 4.69) is 21.2 Å². The SMILES string of the molecule is C[C@@H]1CC(C(=N)NC(=O)OC(C)(C)C)S(=O)(=O)C1[C@@H](C)c1cc(Br)ccc1F. The first kappa shape index (κ1) is 22.8. The fraction of sp³-hybridized carbons (Fsp3) is 0.579. The van der Waals surface area contributed by atoms with Crippen LogP contribution >= 0.6 is 15.9 Å². The number of ether oxygens (including phenoxy) is 1. The lowest BCUT2D eigenvalue weighted by atomic mass is 9.88. The summed E-state index contributed by atoms with van der Waals surface area (Å²) >= 11 is 3.29. The van der Waals surface area contributed by atoms with Crippen molar-refractivity contribution in [3.05, 3.63) is 34.1 Å². The quantitative estimate of drug-likeness (QED) is 0.499. The maximum Gasteiger partial charge on any atom is 0.413 e. The van der Waals surface area contributed by atoms with Gasteiger partial charge in [-0.05, 0) is 56.9 Å².